The molecule has 0 bridgehead atoms. The maximum absolute atomic E-state index is 11.0. The lowest BCUT2D eigenvalue weighted by Crippen LogP contribution is -2.18. The van der Waals surface area contributed by atoms with Crippen LogP contribution in [0.5, 0.6) is 0 Å². The van der Waals surface area contributed by atoms with Crippen LogP contribution in [0.3, 0.4) is 0 Å². The molecule has 1 unspecified atom stereocenters. The molecule has 1 atom stereocenters. The zero-order valence-electron chi connectivity index (χ0n) is 11.5. The Morgan fingerprint density at radius 1 is 1.40 bits per heavy atom. The summed E-state index contributed by atoms with van der Waals surface area (Å²) < 4.78 is 0. The standard InChI is InChI=1S/C15H18N2O2S/c1-9(7-12-5-3-10(2)20-12)17-14-8-11(15(18)19)4-6-13(14)16/h3-6,8-9,17H,7,16H2,1-2H3,(H,18,19). The lowest BCUT2D eigenvalue weighted by atomic mass is 10.1. The second-order valence-corrected chi connectivity index (χ2v) is 6.24. The Balaban J connectivity index is 2.08. The number of aromatic carboxylic acids is 1. The van der Waals surface area contributed by atoms with Gasteiger partial charge < -0.3 is 16.2 Å². The number of carboxylic acid groups (broad SMARTS) is 1. The van der Waals surface area contributed by atoms with Gasteiger partial charge >= 0.3 is 5.97 Å². The molecule has 0 spiro atoms. The predicted molar refractivity (Wildman–Crippen MR) is 83.7 cm³/mol. The normalized spacial score (nSPS) is 12.1. The third-order valence-corrected chi connectivity index (χ3v) is 4.03. The summed E-state index contributed by atoms with van der Waals surface area (Å²) in [7, 11) is 0. The first-order valence-electron chi connectivity index (χ1n) is 6.40. The highest BCUT2D eigenvalue weighted by Gasteiger charge is 2.10. The fraction of sp³-hybridized carbons (Fsp3) is 0.267. The minimum Gasteiger partial charge on any atom is -0.478 e. The Hall–Kier alpha value is -2.01. The number of nitrogens with one attached hydrogen (secondary N) is 1. The van der Waals surface area contributed by atoms with Crippen molar-refractivity contribution in [2.24, 2.45) is 0 Å². The molecule has 0 saturated carbocycles. The van der Waals surface area contributed by atoms with Gasteiger partial charge in [-0.05, 0) is 44.2 Å². The predicted octanol–water partition coefficient (Wildman–Crippen LogP) is 3.38. The van der Waals surface area contributed by atoms with E-state index in [4.69, 9.17) is 10.8 Å². The molecule has 0 aliphatic heterocycles. The van der Waals surface area contributed by atoms with E-state index in [0.717, 1.165) is 6.42 Å². The molecule has 2 aromatic rings. The molecule has 0 radical (unpaired) electrons. The number of nitrogens with two attached hydrogens (primary N) is 1. The van der Waals surface area contributed by atoms with E-state index in [0.29, 0.717) is 11.4 Å². The molecule has 20 heavy (non-hydrogen) atoms. The molecular formula is C15H18N2O2S. The number of nitrogen functional groups attached to an aromatic ring is 1. The van der Waals surface area contributed by atoms with Gasteiger partial charge in [0.05, 0.1) is 16.9 Å². The maximum atomic E-state index is 11.0. The van der Waals surface area contributed by atoms with E-state index >= 15 is 0 Å². The van der Waals surface area contributed by atoms with Crippen LogP contribution in [0.2, 0.25) is 0 Å². The minimum absolute atomic E-state index is 0.180. The number of hydrogen-bond donors (Lipinski definition) is 3. The molecule has 5 heteroatoms. The Bertz CT molecular complexity index is 622. The van der Waals surface area contributed by atoms with E-state index in [-0.39, 0.29) is 11.6 Å². The molecule has 0 saturated heterocycles. The summed E-state index contributed by atoms with van der Waals surface area (Å²) in [6.07, 6.45) is 0.884. The van der Waals surface area contributed by atoms with Crippen LogP contribution < -0.4 is 11.1 Å². The molecule has 2 rings (SSSR count). The molecule has 4 N–H and O–H groups in total. The SMILES string of the molecule is Cc1ccc(CC(C)Nc2cc(C(=O)O)ccc2N)s1. The van der Waals surface area contributed by atoms with Crippen molar-refractivity contribution < 1.29 is 9.90 Å². The number of rotatable bonds is 5. The molecular weight excluding hydrogens is 272 g/mol. The average molecular weight is 290 g/mol. The highest BCUT2D eigenvalue weighted by atomic mass is 32.1. The topological polar surface area (TPSA) is 75.3 Å². The van der Waals surface area contributed by atoms with Crippen LogP contribution in [0.4, 0.5) is 11.4 Å². The van der Waals surface area contributed by atoms with Gasteiger partial charge in [0.25, 0.3) is 0 Å². The van der Waals surface area contributed by atoms with Gasteiger partial charge in [-0.15, -0.1) is 11.3 Å². The second kappa shape index (κ2) is 5.96. The van der Waals surface area contributed by atoms with Crippen molar-refractivity contribution in [1.29, 1.82) is 0 Å². The van der Waals surface area contributed by atoms with Gasteiger partial charge in [-0.2, -0.15) is 0 Å². The molecule has 0 aliphatic rings. The first-order valence-corrected chi connectivity index (χ1v) is 7.22. The Morgan fingerprint density at radius 2 is 2.15 bits per heavy atom. The second-order valence-electron chi connectivity index (χ2n) is 4.87. The van der Waals surface area contributed by atoms with E-state index in [2.05, 4.69) is 31.3 Å². The molecule has 1 aromatic carbocycles. The highest BCUT2D eigenvalue weighted by molar-refractivity contribution is 7.11. The van der Waals surface area contributed by atoms with E-state index in [1.807, 2.05) is 0 Å². The largest absolute Gasteiger partial charge is 0.478 e. The van der Waals surface area contributed by atoms with E-state index in [1.54, 1.807) is 23.5 Å². The van der Waals surface area contributed by atoms with Crippen molar-refractivity contribution in [2.45, 2.75) is 26.3 Å². The maximum Gasteiger partial charge on any atom is 0.335 e. The number of carboxylic acids is 1. The third-order valence-electron chi connectivity index (χ3n) is 3.01. The highest BCUT2D eigenvalue weighted by Crippen LogP contribution is 2.23. The van der Waals surface area contributed by atoms with Crippen LogP contribution in [0.15, 0.2) is 30.3 Å². The summed E-state index contributed by atoms with van der Waals surface area (Å²) in [5, 5.41) is 12.3. The molecule has 0 aliphatic carbocycles. The summed E-state index contributed by atoms with van der Waals surface area (Å²) in [5.41, 5.74) is 7.35. The Kier molecular flexibility index (Phi) is 4.29. The summed E-state index contributed by atoms with van der Waals surface area (Å²) in [6.45, 7) is 4.14. The van der Waals surface area contributed by atoms with Gasteiger partial charge in [-0.1, -0.05) is 0 Å². The van der Waals surface area contributed by atoms with E-state index in [1.165, 1.54) is 15.8 Å². The molecule has 106 valence electrons. The smallest absolute Gasteiger partial charge is 0.335 e. The van der Waals surface area contributed by atoms with E-state index in [9.17, 15) is 4.79 Å². The van der Waals surface area contributed by atoms with Crippen LogP contribution in [0.1, 0.15) is 27.0 Å². The monoisotopic (exact) mass is 290 g/mol. The van der Waals surface area contributed by atoms with Crippen molar-refractivity contribution in [3.63, 3.8) is 0 Å². The minimum atomic E-state index is -0.949. The summed E-state index contributed by atoms with van der Waals surface area (Å²) >= 11 is 1.77. The van der Waals surface area contributed by atoms with Crippen LogP contribution in [0, 0.1) is 6.92 Å². The summed E-state index contributed by atoms with van der Waals surface area (Å²) in [6, 6.07) is 9.11. The van der Waals surface area contributed by atoms with Crippen molar-refractivity contribution in [1.82, 2.24) is 0 Å². The number of hydrogen-bond acceptors (Lipinski definition) is 4. The quantitative estimate of drug-likeness (QED) is 0.738. The number of benzene rings is 1. The lowest BCUT2D eigenvalue weighted by Gasteiger charge is -2.16. The van der Waals surface area contributed by atoms with Crippen molar-refractivity contribution in [2.75, 3.05) is 11.1 Å². The number of thiophene rings is 1. The number of anilines is 2. The van der Waals surface area contributed by atoms with Crippen LogP contribution in [0.25, 0.3) is 0 Å². The van der Waals surface area contributed by atoms with Gasteiger partial charge in [0.2, 0.25) is 0 Å². The van der Waals surface area contributed by atoms with Crippen molar-refractivity contribution in [3.05, 3.63) is 45.6 Å². The first-order chi connectivity index (χ1) is 9.45. The van der Waals surface area contributed by atoms with Crippen LogP contribution in [-0.4, -0.2) is 17.1 Å². The molecule has 4 nitrogen and oxygen atoms in total. The average Bonchev–Trinajstić information content (AvgIpc) is 2.77. The Labute approximate surface area is 122 Å². The number of carbonyl (C=O) groups is 1. The molecule has 0 fully saturated rings. The fourth-order valence-electron chi connectivity index (χ4n) is 2.03. The van der Waals surface area contributed by atoms with Crippen molar-refractivity contribution >= 4 is 28.7 Å². The molecule has 1 heterocycles. The summed E-state index contributed by atoms with van der Waals surface area (Å²) in [5.74, 6) is -0.949. The first kappa shape index (κ1) is 14.4. The van der Waals surface area contributed by atoms with Gasteiger partial charge in [0.15, 0.2) is 0 Å². The van der Waals surface area contributed by atoms with Gasteiger partial charge in [0.1, 0.15) is 0 Å². The zero-order chi connectivity index (χ0) is 14.7. The van der Waals surface area contributed by atoms with Gasteiger partial charge in [-0.3, -0.25) is 0 Å². The fourth-order valence-corrected chi connectivity index (χ4v) is 3.05. The Morgan fingerprint density at radius 3 is 2.75 bits per heavy atom. The number of aryl methyl sites for hydroxylation is 1. The van der Waals surface area contributed by atoms with Gasteiger partial charge in [-0.25, -0.2) is 4.79 Å². The van der Waals surface area contributed by atoms with E-state index < -0.39 is 5.97 Å². The molecule has 1 aromatic heterocycles. The zero-order valence-corrected chi connectivity index (χ0v) is 12.3. The summed E-state index contributed by atoms with van der Waals surface area (Å²) in [4.78, 5) is 13.6. The molecule has 0 amide bonds. The van der Waals surface area contributed by atoms with Crippen LogP contribution in [-0.2, 0) is 6.42 Å². The van der Waals surface area contributed by atoms with Crippen molar-refractivity contribution in [3.8, 4) is 0 Å². The lowest BCUT2D eigenvalue weighted by molar-refractivity contribution is 0.0697. The van der Waals surface area contributed by atoms with Crippen LogP contribution >= 0.6 is 11.3 Å². The van der Waals surface area contributed by atoms with Gasteiger partial charge in [0, 0.05) is 22.2 Å². The third kappa shape index (κ3) is 3.51.